The zero-order valence-electron chi connectivity index (χ0n) is 11.7. The van der Waals surface area contributed by atoms with Crippen LogP contribution in [0, 0.1) is 0 Å². The van der Waals surface area contributed by atoms with Crippen molar-refractivity contribution in [3.05, 3.63) is 0 Å². The zero-order chi connectivity index (χ0) is 20.5. The van der Waals surface area contributed by atoms with Gasteiger partial charge in [-0.05, 0) is 132 Å². The van der Waals surface area contributed by atoms with Gasteiger partial charge >= 0.3 is 0 Å². The number of hydrogen-bond donors (Lipinski definition) is 0. The Balaban J connectivity index is 0.000000122. The molecule has 8 bridgehead atoms. The van der Waals surface area contributed by atoms with Gasteiger partial charge < -0.3 is 0 Å². The smallest absolute Gasteiger partial charge is 0.0613 e. The van der Waals surface area contributed by atoms with Gasteiger partial charge in [0.05, 0.1) is 0 Å². The average molecular weight is 889 g/mol. The van der Waals surface area contributed by atoms with Crippen LogP contribution in [0.15, 0.2) is 0 Å². The minimum Gasteiger partial charge on any atom is -0.0613 e. The van der Waals surface area contributed by atoms with Crippen molar-refractivity contribution >= 4 is 256 Å². The normalized spacial score (nSPS) is 65.7. The fraction of sp³-hybridized carbons (Fsp3) is 0. The fourth-order valence-electron chi connectivity index (χ4n) is 1.83. The Hall–Kier alpha value is 9.40. The summed E-state index contributed by atoms with van der Waals surface area (Å²) in [6.45, 7) is 0. The molecule has 8 saturated heterocycles. The van der Waals surface area contributed by atoms with Gasteiger partial charge in [0.2, 0.25) is 0 Å². The standard InChI is InChI=1S/2P4S10/c2*5-1-9-2(6)12-3(7,10-1)14-4(8,11-1)13-2. The van der Waals surface area contributed by atoms with Gasteiger partial charge in [-0.1, -0.05) is 94.5 Å². The first kappa shape index (κ1) is 28.9. The van der Waals surface area contributed by atoms with Crippen LogP contribution in [0.25, 0.3) is 0 Å². The Labute approximate surface area is 250 Å². The van der Waals surface area contributed by atoms with Crippen LogP contribution in [-0.4, -0.2) is 0 Å². The first-order valence-corrected chi connectivity index (χ1v) is 52.6. The van der Waals surface area contributed by atoms with Crippen molar-refractivity contribution in [3.8, 4) is 0 Å². The maximum atomic E-state index is 5.75. The van der Waals surface area contributed by atoms with E-state index in [-0.39, 0.29) is 0 Å². The predicted molar refractivity (Wildman–Crippen MR) is 205 cm³/mol. The largest absolute Gasteiger partial charge is 0.128 e. The first-order chi connectivity index (χ1) is 12.5. The van der Waals surface area contributed by atoms with Crippen molar-refractivity contribution < 1.29 is 0 Å². The van der Waals surface area contributed by atoms with Gasteiger partial charge in [-0.25, -0.2) is 0 Å². The molecule has 28 heavy (non-hydrogen) atoms. The van der Waals surface area contributed by atoms with Gasteiger partial charge in [0.15, 0.2) is 0 Å². The summed E-state index contributed by atoms with van der Waals surface area (Å²) in [5, 5.41) is 0. The van der Waals surface area contributed by atoms with E-state index < -0.39 is 29.1 Å². The Bertz CT molecular complexity index is 779. The second-order valence-electron chi connectivity index (χ2n) is 4.56. The van der Waals surface area contributed by atoms with E-state index in [1.54, 1.807) is 0 Å². The topological polar surface area (TPSA) is 0 Å². The molecule has 0 amide bonds. The summed E-state index contributed by atoms with van der Waals surface area (Å²) < 4.78 is -11.3. The molecule has 8 rings (SSSR count). The van der Waals surface area contributed by atoms with Crippen LogP contribution in [0.5, 0.6) is 0 Å². The van der Waals surface area contributed by atoms with Crippen LogP contribution >= 0.6 is 161 Å². The Morgan fingerprint density at radius 2 is 0.286 bits per heavy atom. The highest BCUT2D eigenvalue weighted by Crippen LogP contribution is 3.31. The lowest BCUT2D eigenvalue weighted by Gasteiger charge is -2.51. The van der Waals surface area contributed by atoms with E-state index in [2.05, 4.69) is 0 Å². The van der Waals surface area contributed by atoms with E-state index in [0.29, 0.717) is 0 Å². The quantitative estimate of drug-likeness (QED) is 0.212. The number of hydrogen-bond acceptors (Lipinski definition) is 20. The number of rotatable bonds is 0. The molecule has 0 unspecified atom stereocenters. The van der Waals surface area contributed by atoms with E-state index >= 15 is 0 Å². The average Bonchev–Trinajstić information content (AvgIpc) is 2.21. The molecule has 0 atom stereocenters. The van der Waals surface area contributed by atoms with Gasteiger partial charge in [-0.15, -0.1) is 0 Å². The molecule has 0 spiro atoms. The molecule has 0 nitrogen and oxygen atoms in total. The predicted octanol–water partition coefficient (Wildman–Crippen LogP) is 14.6. The van der Waals surface area contributed by atoms with Crippen LogP contribution in [-0.2, 0) is 94.5 Å². The van der Waals surface area contributed by atoms with Crippen LogP contribution in [0.1, 0.15) is 0 Å². The lowest BCUT2D eigenvalue weighted by molar-refractivity contribution is 4.68. The molecular weight excluding hydrogens is 889 g/mol. The van der Waals surface area contributed by atoms with Crippen LogP contribution in [0.3, 0.4) is 0 Å². The van der Waals surface area contributed by atoms with E-state index in [1.807, 2.05) is 132 Å². The van der Waals surface area contributed by atoms with Crippen molar-refractivity contribution in [2.45, 2.75) is 0 Å². The molecule has 160 valence electrons. The second-order valence-corrected chi connectivity index (χ2v) is 123. The first-order valence-electron chi connectivity index (χ1n) is 5.84. The SMILES string of the molecule is S=P12SP3(=S)SP(=S)(S1)SP(=S)(S2)S3.S=P12SP3(=S)SP(=S)(S1)SP(=S)(S2)S3. The van der Waals surface area contributed by atoms with Gasteiger partial charge in [0.25, 0.3) is 0 Å². The summed E-state index contributed by atoms with van der Waals surface area (Å²) in [6.07, 6.45) is 0. The Kier molecular flexibility index (Phi) is 9.78. The molecule has 8 fully saturated rings. The van der Waals surface area contributed by atoms with Crippen molar-refractivity contribution in [1.29, 1.82) is 0 Å². The third kappa shape index (κ3) is 6.32. The molecule has 0 aromatic heterocycles. The summed E-state index contributed by atoms with van der Waals surface area (Å²) >= 11 is 69.1. The molecule has 0 aromatic rings. The van der Waals surface area contributed by atoms with Crippen molar-refractivity contribution in [2.24, 2.45) is 0 Å². The zero-order valence-corrected chi connectivity index (χ0v) is 35.2. The molecule has 0 N–H and O–H groups in total. The molecule has 0 aromatic carbocycles. The van der Waals surface area contributed by atoms with E-state index in [1.165, 1.54) is 0 Å². The molecule has 0 saturated carbocycles. The van der Waals surface area contributed by atoms with Crippen LogP contribution in [0.4, 0.5) is 0 Å². The summed E-state index contributed by atoms with van der Waals surface area (Å²) in [7, 11) is 0. The molecule has 8 aliphatic heterocycles. The maximum Gasteiger partial charge on any atom is 0.128 e. The summed E-state index contributed by atoms with van der Waals surface area (Å²) in [5.41, 5.74) is 0. The van der Waals surface area contributed by atoms with Crippen molar-refractivity contribution in [2.75, 3.05) is 0 Å². The minimum atomic E-state index is -1.41. The molecule has 0 aliphatic carbocycles. The Morgan fingerprint density at radius 3 is 0.357 bits per heavy atom. The lowest BCUT2D eigenvalue weighted by Crippen LogP contribution is -1.83. The van der Waals surface area contributed by atoms with Crippen molar-refractivity contribution in [1.82, 2.24) is 0 Å². The minimum absolute atomic E-state index is 1.41. The van der Waals surface area contributed by atoms with Crippen molar-refractivity contribution in [3.63, 3.8) is 0 Å². The molecular formula is P8S20. The Morgan fingerprint density at radius 1 is 0.214 bits per heavy atom. The van der Waals surface area contributed by atoms with Crippen LogP contribution in [0.2, 0.25) is 0 Å². The van der Waals surface area contributed by atoms with E-state index in [9.17, 15) is 0 Å². The van der Waals surface area contributed by atoms with Gasteiger partial charge in [0, 0.05) is 0 Å². The highest BCUT2D eigenvalue weighted by Gasteiger charge is 2.61. The molecule has 0 radical (unpaired) electrons. The fourth-order valence-corrected chi connectivity index (χ4v) is 444. The third-order valence-electron chi connectivity index (χ3n) is 2.40. The lowest BCUT2D eigenvalue weighted by atomic mass is 28.9. The molecule has 8 heterocycles. The van der Waals surface area contributed by atoms with Gasteiger partial charge in [-0.3, -0.25) is 0 Å². The second kappa shape index (κ2) is 9.47. The summed E-state index contributed by atoms with van der Waals surface area (Å²) in [5.74, 6) is 0. The monoisotopic (exact) mass is 887 g/mol. The summed E-state index contributed by atoms with van der Waals surface area (Å²) in [6, 6.07) is 0. The van der Waals surface area contributed by atoms with Crippen LogP contribution < -0.4 is 0 Å². The van der Waals surface area contributed by atoms with Gasteiger partial charge in [-0.2, -0.15) is 0 Å². The summed E-state index contributed by atoms with van der Waals surface area (Å²) in [4.78, 5) is 0. The molecule has 28 heteroatoms. The third-order valence-corrected chi connectivity index (χ3v) is 194. The highest BCUT2D eigenvalue weighted by molar-refractivity contribution is 9.84. The van der Waals surface area contributed by atoms with E-state index in [0.717, 1.165) is 0 Å². The maximum absolute atomic E-state index is 5.75. The molecule has 8 aliphatic rings. The van der Waals surface area contributed by atoms with Gasteiger partial charge in [0.1, 0.15) is 29.1 Å². The van der Waals surface area contributed by atoms with E-state index in [4.69, 9.17) is 94.5 Å². The highest BCUT2D eigenvalue weighted by atomic mass is 34.1.